The lowest BCUT2D eigenvalue weighted by Gasteiger charge is -2.05. The number of aryl methyl sites for hydroxylation is 1. The topological polar surface area (TPSA) is 39.2 Å². The molecule has 0 aliphatic rings. The van der Waals surface area contributed by atoms with Crippen LogP contribution >= 0.6 is 0 Å². The van der Waals surface area contributed by atoms with Gasteiger partial charge in [-0.3, -0.25) is 0 Å². The number of hydrogen-bond donors (Lipinski definition) is 0. The molecule has 0 aliphatic heterocycles. The summed E-state index contributed by atoms with van der Waals surface area (Å²) in [6, 6.07) is 8.54. The molecular weight excluding hydrogens is 252 g/mol. The average Bonchev–Trinajstić information content (AvgIpc) is 2.38. The number of carbonyl (C=O) groups is 1. The fourth-order valence-electron chi connectivity index (χ4n) is 1.54. The summed E-state index contributed by atoms with van der Waals surface area (Å²) in [7, 11) is 0. The van der Waals surface area contributed by atoms with Crippen molar-refractivity contribution in [3.8, 4) is 5.75 Å². The summed E-state index contributed by atoms with van der Waals surface area (Å²) >= 11 is 0. The minimum atomic E-state index is -1.06. The lowest BCUT2D eigenvalue weighted by atomic mass is 10.2. The molecule has 1 aromatic heterocycles. The summed E-state index contributed by atoms with van der Waals surface area (Å²) in [5, 5.41) is 0. The van der Waals surface area contributed by atoms with E-state index in [1.165, 1.54) is 0 Å². The van der Waals surface area contributed by atoms with Gasteiger partial charge in [0.25, 0.3) is 0 Å². The number of carbonyl (C=O) groups excluding carboxylic acids is 1. The van der Waals surface area contributed by atoms with Gasteiger partial charge in [0.1, 0.15) is 5.75 Å². The molecule has 5 heteroatoms. The summed E-state index contributed by atoms with van der Waals surface area (Å²) in [5.41, 5.74) is 0.880. The summed E-state index contributed by atoms with van der Waals surface area (Å²) < 4.78 is 30.7. The average molecular weight is 263 g/mol. The predicted octanol–water partition coefficient (Wildman–Crippen LogP) is 3.14. The number of esters is 1. The van der Waals surface area contributed by atoms with E-state index in [-0.39, 0.29) is 5.56 Å². The first-order valence-corrected chi connectivity index (χ1v) is 5.72. The van der Waals surface area contributed by atoms with Gasteiger partial charge in [0.15, 0.2) is 0 Å². The van der Waals surface area contributed by atoms with E-state index in [9.17, 15) is 13.6 Å². The van der Waals surface area contributed by atoms with E-state index in [0.29, 0.717) is 5.75 Å². The molecule has 0 bridgehead atoms. The van der Waals surface area contributed by atoms with Crippen LogP contribution in [0, 0.1) is 11.9 Å². The van der Waals surface area contributed by atoms with Crippen molar-refractivity contribution in [2.24, 2.45) is 0 Å². The van der Waals surface area contributed by atoms with Gasteiger partial charge in [0, 0.05) is 12.1 Å². The summed E-state index contributed by atoms with van der Waals surface area (Å²) in [6.07, 6.45) is 0.870. The van der Waals surface area contributed by atoms with Crippen LogP contribution in [0.1, 0.15) is 22.8 Å². The molecule has 1 aromatic carbocycles. The number of aromatic nitrogens is 1. The van der Waals surface area contributed by atoms with Crippen LogP contribution in [0.4, 0.5) is 8.78 Å². The van der Waals surface area contributed by atoms with Crippen molar-refractivity contribution in [1.29, 1.82) is 0 Å². The standard InChI is InChI=1S/C14H11F2NO2/c1-2-9-3-5-11(6-4-9)19-14(18)10-7-12(15)17-13(16)8-10/h3-8H,2H2,1H3. The first-order valence-electron chi connectivity index (χ1n) is 5.72. The number of halogens is 2. The number of ether oxygens (including phenoxy) is 1. The Labute approximate surface area is 108 Å². The van der Waals surface area contributed by atoms with Gasteiger partial charge in [-0.25, -0.2) is 4.79 Å². The van der Waals surface area contributed by atoms with E-state index in [1.807, 2.05) is 19.1 Å². The summed E-state index contributed by atoms with van der Waals surface area (Å²) in [4.78, 5) is 14.6. The first-order chi connectivity index (χ1) is 9.08. The molecule has 0 fully saturated rings. The molecule has 1 heterocycles. The Kier molecular flexibility index (Phi) is 3.85. The fourth-order valence-corrected chi connectivity index (χ4v) is 1.54. The van der Waals surface area contributed by atoms with E-state index >= 15 is 0 Å². The van der Waals surface area contributed by atoms with Crippen molar-refractivity contribution in [2.75, 3.05) is 0 Å². The van der Waals surface area contributed by atoms with E-state index in [2.05, 4.69) is 4.98 Å². The van der Waals surface area contributed by atoms with Gasteiger partial charge < -0.3 is 4.74 Å². The second kappa shape index (κ2) is 5.56. The summed E-state index contributed by atoms with van der Waals surface area (Å²) in [6.45, 7) is 2.00. The monoisotopic (exact) mass is 263 g/mol. The quantitative estimate of drug-likeness (QED) is 0.485. The molecule has 0 N–H and O–H groups in total. The molecule has 2 rings (SSSR count). The van der Waals surface area contributed by atoms with Gasteiger partial charge in [0.2, 0.25) is 11.9 Å². The van der Waals surface area contributed by atoms with Gasteiger partial charge in [-0.05, 0) is 24.1 Å². The molecule has 2 aromatic rings. The van der Waals surface area contributed by atoms with Crippen LogP contribution in [0.2, 0.25) is 0 Å². The molecule has 0 atom stereocenters. The van der Waals surface area contributed by atoms with Gasteiger partial charge >= 0.3 is 5.97 Å². The molecular formula is C14H11F2NO2. The van der Waals surface area contributed by atoms with Crippen LogP contribution in [0.15, 0.2) is 36.4 Å². The molecule has 3 nitrogen and oxygen atoms in total. The van der Waals surface area contributed by atoms with Crippen LogP contribution in [0.25, 0.3) is 0 Å². The zero-order valence-electron chi connectivity index (χ0n) is 10.2. The maximum Gasteiger partial charge on any atom is 0.343 e. The number of rotatable bonds is 3. The first kappa shape index (κ1) is 13.1. The maximum absolute atomic E-state index is 12.9. The second-order valence-corrected chi connectivity index (χ2v) is 3.89. The molecule has 0 amide bonds. The van der Waals surface area contributed by atoms with Crippen molar-refractivity contribution in [1.82, 2.24) is 4.98 Å². The Hall–Kier alpha value is -2.30. The van der Waals surface area contributed by atoms with Crippen molar-refractivity contribution < 1.29 is 18.3 Å². The Balaban J connectivity index is 2.15. The van der Waals surface area contributed by atoms with Gasteiger partial charge in [-0.2, -0.15) is 13.8 Å². The van der Waals surface area contributed by atoms with E-state index < -0.39 is 17.9 Å². The zero-order chi connectivity index (χ0) is 13.8. The third-order valence-corrected chi connectivity index (χ3v) is 2.54. The Morgan fingerprint density at radius 3 is 2.26 bits per heavy atom. The van der Waals surface area contributed by atoms with Crippen molar-refractivity contribution in [2.45, 2.75) is 13.3 Å². The number of hydrogen-bond acceptors (Lipinski definition) is 3. The number of nitrogens with zero attached hydrogens (tertiary/aromatic N) is 1. The molecule has 0 unspecified atom stereocenters. The molecule has 0 saturated carbocycles. The number of benzene rings is 1. The van der Waals surface area contributed by atoms with Crippen LogP contribution < -0.4 is 4.74 Å². The number of pyridine rings is 1. The predicted molar refractivity (Wildman–Crippen MR) is 64.9 cm³/mol. The minimum Gasteiger partial charge on any atom is -0.423 e. The Morgan fingerprint density at radius 1 is 1.16 bits per heavy atom. The SMILES string of the molecule is CCc1ccc(OC(=O)c2cc(F)nc(F)c2)cc1. The lowest BCUT2D eigenvalue weighted by Crippen LogP contribution is -2.10. The highest BCUT2D eigenvalue weighted by Gasteiger charge is 2.12. The molecule has 0 saturated heterocycles. The highest BCUT2D eigenvalue weighted by atomic mass is 19.1. The van der Waals surface area contributed by atoms with Crippen LogP contribution in [-0.2, 0) is 6.42 Å². The maximum atomic E-state index is 12.9. The normalized spacial score (nSPS) is 10.3. The summed E-state index contributed by atoms with van der Waals surface area (Å²) in [5.74, 6) is -2.63. The van der Waals surface area contributed by atoms with E-state index in [4.69, 9.17) is 4.74 Å². The van der Waals surface area contributed by atoms with Gasteiger partial charge in [-0.15, -0.1) is 0 Å². The Morgan fingerprint density at radius 2 is 1.74 bits per heavy atom. The van der Waals surface area contributed by atoms with Crippen molar-refractivity contribution in [3.05, 3.63) is 59.4 Å². The van der Waals surface area contributed by atoms with Crippen LogP contribution in [0.5, 0.6) is 5.75 Å². The highest BCUT2D eigenvalue weighted by Crippen LogP contribution is 2.15. The lowest BCUT2D eigenvalue weighted by molar-refractivity contribution is 0.0733. The highest BCUT2D eigenvalue weighted by molar-refractivity contribution is 5.90. The fraction of sp³-hybridized carbons (Fsp3) is 0.143. The van der Waals surface area contributed by atoms with Crippen molar-refractivity contribution in [3.63, 3.8) is 0 Å². The van der Waals surface area contributed by atoms with E-state index in [0.717, 1.165) is 24.1 Å². The molecule has 0 radical (unpaired) electrons. The smallest absolute Gasteiger partial charge is 0.343 e. The zero-order valence-corrected chi connectivity index (χ0v) is 10.2. The van der Waals surface area contributed by atoms with Gasteiger partial charge in [0.05, 0.1) is 5.56 Å². The molecule has 19 heavy (non-hydrogen) atoms. The minimum absolute atomic E-state index is 0.218. The van der Waals surface area contributed by atoms with Crippen molar-refractivity contribution >= 4 is 5.97 Å². The van der Waals surface area contributed by atoms with Gasteiger partial charge in [-0.1, -0.05) is 19.1 Å². The third-order valence-electron chi connectivity index (χ3n) is 2.54. The molecule has 98 valence electrons. The largest absolute Gasteiger partial charge is 0.423 e. The van der Waals surface area contributed by atoms with E-state index in [1.54, 1.807) is 12.1 Å². The van der Waals surface area contributed by atoms with Crippen LogP contribution in [0.3, 0.4) is 0 Å². The Bertz CT molecular complexity index is 577. The second-order valence-electron chi connectivity index (χ2n) is 3.89. The molecule has 0 aliphatic carbocycles. The van der Waals surface area contributed by atoms with Crippen LogP contribution in [-0.4, -0.2) is 11.0 Å². The molecule has 0 spiro atoms. The third kappa shape index (κ3) is 3.34.